The fourth-order valence-electron chi connectivity index (χ4n) is 4.17. The van der Waals surface area contributed by atoms with Crippen molar-refractivity contribution in [3.05, 3.63) is 30.4 Å². The molecule has 0 aromatic carbocycles. The van der Waals surface area contributed by atoms with Crippen LogP contribution in [0, 0.1) is 0 Å². The number of likely N-dealkylation sites (tertiary alicyclic amines) is 2. The van der Waals surface area contributed by atoms with Crippen molar-refractivity contribution in [2.24, 2.45) is 0 Å². The Labute approximate surface area is 147 Å². The Morgan fingerprint density at radius 1 is 1.28 bits per heavy atom. The summed E-state index contributed by atoms with van der Waals surface area (Å²) in [4.78, 5) is 24.9. The van der Waals surface area contributed by atoms with Gasteiger partial charge in [-0.3, -0.25) is 14.7 Å². The molecule has 2 aromatic heterocycles. The topological polar surface area (TPSA) is 75.4 Å². The highest BCUT2D eigenvalue weighted by molar-refractivity contribution is 5.74. The van der Waals surface area contributed by atoms with Crippen LogP contribution in [0.1, 0.15) is 38.5 Å². The largest absolute Gasteiger partial charge is 0.338 e. The molecular formula is C18H23N5O2. The quantitative estimate of drug-likeness (QED) is 0.848. The molecule has 4 rings (SSSR count). The van der Waals surface area contributed by atoms with E-state index in [1.54, 1.807) is 19.3 Å². The van der Waals surface area contributed by atoms with Crippen LogP contribution < -0.4 is 0 Å². The van der Waals surface area contributed by atoms with Crippen molar-refractivity contribution in [3.63, 3.8) is 0 Å². The maximum absolute atomic E-state index is 11.9. The molecule has 2 aromatic rings. The predicted octanol–water partition coefficient (Wildman–Crippen LogP) is 2.11. The number of nitrogens with zero attached hydrogens (tertiary/aromatic N) is 5. The average Bonchev–Trinajstić information content (AvgIpc) is 3.36. The molecule has 7 nitrogen and oxygen atoms in total. The molecule has 0 radical (unpaired) electrons. The minimum absolute atomic E-state index is 0.186. The zero-order valence-electron chi connectivity index (χ0n) is 14.5. The van der Waals surface area contributed by atoms with E-state index >= 15 is 0 Å². The second kappa shape index (κ2) is 6.92. The van der Waals surface area contributed by atoms with Crippen molar-refractivity contribution in [1.29, 1.82) is 0 Å². The van der Waals surface area contributed by atoms with Crippen LogP contribution in [-0.2, 0) is 11.3 Å². The molecule has 25 heavy (non-hydrogen) atoms. The van der Waals surface area contributed by atoms with Crippen LogP contribution in [0.2, 0.25) is 0 Å². The second-order valence-electron chi connectivity index (χ2n) is 6.86. The minimum Gasteiger partial charge on any atom is -0.338 e. The molecule has 2 aliphatic heterocycles. The van der Waals surface area contributed by atoms with Gasteiger partial charge in [0.15, 0.2) is 0 Å². The number of hydrogen-bond acceptors (Lipinski definition) is 6. The Morgan fingerprint density at radius 2 is 2.12 bits per heavy atom. The van der Waals surface area contributed by atoms with Crippen LogP contribution >= 0.6 is 0 Å². The third kappa shape index (κ3) is 3.28. The van der Waals surface area contributed by atoms with Gasteiger partial charge in [0.2, 0.25) is 17.6 Å². The summed E-state index contributed by atoms with van der Waals surface area (Å²) in [5.41, 5.74) is 0.856. The first-order chi connectivity index (χ1) is 12.2. The van der Waals surface area contributed by atoms with E-state index in [1.807, 2.05) is 17.0 Å². The van der Waals surface area contributed by atoms with Crippen LogP contribution in [0.25, 0.3) is 11.4 Å². The van der Waals surface area contributed by atoms with Crippen LogP contribution in [0.4, 0.5) is 0 Å². The van der Waals surface area contributed by atoms with Gasteiger partial charge in [-0.25, -0.2) is 0 Å². The molecule has 132 valence electrons. The Kier molecular flexibility index (Phi) is 4.48. The lowest BCUT2D eigenvalue weighted by Crippen LogP contribution is -2.47. The summed E-state index contributed by atoms with van der Waals surface area (Å²) in [6.07, 6.45) is 7.92. The lowest BCUT2D eigenvalue weighted by molar-refractivity contribution is -0.130. The van der Waals surface area contributed by atoms with Gasteiger partial charge in [0, 0.05) is 43.5 Å². The fourth-order valence-corrected chi connectivity index (χ4v) is 4.17. The Morgan fingerprint density at radius 3 is 2.92 bits per heavy atom. The molecule has 2 atom stereocenters. The summed E-state index contributed by atoms with van der Waals surface area (Å²) in [7, 11) is 0. The predicted molar refractivity (Wildman–Crippen MR) is 91.4 cm³/mol. The van der Waals surface area contributed by atoms with Gasteiger partial charge >= 0.3 is 0 Å². The van der Waals surface area contributed by atoms with Gasteiger partial charge in [0.25, 0.3) is 0 Å². The standard InChI is InChI=1S/C18H23N5O2/c1-13(24)23-10-4-7-16(23)15-6-3-9-22(15)12-17-20-18(21-25-17)14-5-2-8-19-11-14/h2,5,8,11,15-16H,3-4,6-7,9-10,12H2,1H3. The van der Waals surface area contributed by atoms with E-state index in [9.17, 15) is 4.79 Å². The lowest BCUT2D eigenvalue weighted by atomic mass is 10.0. The summed E-state index contributed by atoms with van der Waals surface area (Å²) in [5, 5.41) is 4.08. The zero-order valence-corrected chi connectivity index (χ0v) is 14.5. The van der Waals surface area contributed by atoms with Crippen LogP contribution in [-0.4, -0.2) is 56.0 Å². The van der Waals surface area contributed by atoms with E-state index in [1.165, 1.54) is 0 Å². The van der Waals surface area contributed by atoms with Gasteiger partial charge in [0.1, 0.15) is 0 Å². The van der Waals surface area contributed by atoms with E-state index < -0.39 is 0 Å². The fraction of sp³-hybridized carbons (Fsp3) is 0.556. The monoisotopic (exact) mass is 341 g/mol. The molecule has 0 saturated carbocycles. The summed E-state index contributed by atoms with van der Waals surface area (Å²) in [5.74, 6) is 1.38. The van der Waals surface area contributed by atoms with Gasteiger partial charge in [-0.1, -0.05) is 5.16 Å². The first kappa shape index (κ1) is 16.2. The molecule has 1 amide bonds. The number of amides is 1. The van der Waals surface area contributed by atoms with Gasteiger partial charge in [-0.15, -0.1) is 0 Å². The van der Waals surface area contributed by atoms with Crippen LogP contribution in [0.5, 0.6) is 0 Å². The van der Waals surface area contributed by atoms with Crippen molar-refractivity contribution < 1.29 is 9.32 Å². The third-order valence-corrected chi connectivity index (χ3v) is 5.29. The number of rotatable bonds is 4. The van der Waals surface area contributed by atoms with E-state index in [0.717, 1.165) is 44.3 Å². The molecule has 7 heteroatoms. The number of pyridine rings is 1. The second-order valence-corrected chi connectivity index (χ2v) is 6.86. The molecule has 0 bridgehead atoms. The van der Waals surface area contributed by atoms with Crippen molar-refractivity contribution in [2.45, 2.75) is 51.2 Å². The molecule has 0 spiro atoms. The Hall–Kier alpha value is -2.28. The highest BCUT2D eigenvalue weighted by Crippen LogP contribution is 2.31. The van der Waals surface area contributed by atoms with E-state index in [0.29, 0.717) is 30.3 Å². The highest BCUT2D eigenvalue weighted by atomic mass is 16.5. The maximum atomic E-state index is 11.9. The summed E-state index contributed by atoms with van der Waals surface area (Å²) < 4.78 is 5.46. The third-order valence-electron chi connectivity index (χ3n) is 5.29. The van der Waals surface area contributed by atoms with Gasteiger partial charge in [-0.05, 0) is 44.4 Å². The number of carbonyl (C=O) groups excluding carboxylic acids is 1. The van der Waals surface area contributed by atoms with E-state index in [2.05, 4.69) is 20.0 Å². The Balaban J connectivity index is 1.47. The number of hydrogen-bond donors (Lipinski definition) is 0. The van der Waals surface area contributed by atoms with Crippen molar-refractivity contribution in [3.8, 4) is 11.4 Å². The molecule has 2 aliphatic rings. The average molecular weight is 341 g/mol. The van der Waals surface area contributed by atoms with Crippen molar-refractivity contribution in [2.75, 3.05) is 13.1 Å². The van der Waals surface area contributed by atoms with E-state index in [-0.39, 0.29) is 5.91 Å². The minimum atomic E-state index is 0.186. The number of carbonyl (C=O) groups is 1. The lowest BCUT2D eigenvalue weighted by Gasteiger charge is -2.33. The molecule has 0 aliphatic carbocycles. The summed E-state index contributed by atoms with van der Waals surface area (Å²) in [6.45, 7) is 4.21. The van der Waals surface area contributed by atoms with Gasteiger partial charge in [0.05, 0.1) is 6.54 Å². The molecule has 0 N–H and O–H groups in total. The molecule has 2 unspecified atom stereocenters. The van der Waals surface area contributed by atoms with Crippen LogP contribution in [0.3, 0.4) is 0 Å². The van der Waals surface area contributed by atoms with Crippen LogP contribution in [0.15, 0.2) is 29.0 Å². The summed E-state index contributed by atoms with van der Waals surface area (Å²) >= 11 is 0. The van der Waals surface area contributed by atoms with E-state index in [4.69, 9.17) is 4.52 Å². The molecule has 2 saturated heterocycles. The smallest absolute Gasteiger partial charge is 0.241 e. The first-order valence-corrected chi connectivity index (χ1v) is 8.96. The normalized spacial score (nSPS) is 24.1. The van der Waals surface area contributed by atoms with Crippen molar-refractivity contribution >= 4 is 5.91 Å². The number of aromatic nitrogens is 3. The Bertz CT molecular complexity index is 732. The van der Waals surface area contributed by atoms with Gasteiger partial charge < -0.3 is 9.42 Å². The zero-order chi connectivity index (χ0) is 17.2. The SMILES string of the molecule is CC(=O)N1CCCC1C1CCCN1Cc1nc(-c2cccnc2)no1. The van der Waals surface area contributed by atoms with Gasteiger partial charge in [-0.2, -0.15) is 4.98 Å². The first-order valence-electron chi connectivity index (χ1n) is 8.96. The van der Waals surface area contributed by atoms with Crippen molar-refractivity contribution in [1.82, 2.24) is 24.9 Å². The summed E-state index contributed by atoms with van der Waals surface area (Å²) in [6, 6.07) is 4.49. The maximum Gasteiger partial charge on any atom is 0.241 e. The molecule has 4 heterocycles. The molecule has 2 fully saturated rings. The highest BCUT2D eigenvalue weighted by Gasteiger charge is 2.39. The molecular weight excluding hydrogens is 318 g/mol.